The van der Waals surface area contributed by atoms with Gasteiger partial charge in [-0.3, -0.25) is 4.79 Å². The predicted molar refractivity (Wildman–Crippen MR) is 111 cm³/mol. The molecule has 3 rings (SSSR count). The number of ketones is 1. The molecule has 1 aliphatic carbocycles. The Morgan fingerprint density at radius 3 is 2.21 bits per heavy atom. The lowest BCUT2D eigenvalue weighted by Crippen LogP contribution is -2.28. The van der Waals surface area contributed by atoms with Crippen molar-refractivity contribution in [2.45, 2.75) is 27.7 Å². The van der Waals surface area contributed by atoms with Gasteiger partial charge in [-0.05, 0) is 39.1 Å². The standard InChI is InChI=1S/C23H29NO4/c1-5-24(6-2)12-13-28-19-11-9-10-17-21(19)22-18(23(17)25)14-16(26-7-3)15-20(22)27-8-4/h9-11,14-15H,5-8,12-13H2,1-4H3. The highest BCUT2D eigenvalue weighted by atomic mass is 16.5. The summed E-state index contributed by atoms with van der Waals surface area (Å²) in [6.07, 6.45) is 0. The van der Waals surface area contributed by atoms with E-state index in [9.17, 15) is 4.79 Å². The van der Waals surface area contributed by atoms with Gasteiger partial charge in [0.1, 0.15) is 23.9 Å². The molecule has 0 aliphatic heterocycles. The lowest BCUT2D eigenvalue weighted by Gasteiger charge is -2.19. The fraction of sp³-hybridized carbons (Fsp3) is 0.435. The summed E-state index contributed by atoms with van der Waals surface area (Å²) in [5.74, 6) is 2.02. The van der Waals surface area contributed by atoms with Crippen LogP contribution in [0, 0.1) is 0 Å². The summed E-state index contributed by atoms with van der Waals surface area (Å²) in [4.78, 5) is 15.4. The molecule has 28 heavy (non-hydrogen) atoms. The van der Waals surface area contributed by atoms with Gasteiger partial charge in [0.25, 0.3) is 0 Å². The topological polar surface area (TPSA) is 48.0 Å². The average Bonchev–Trinajstić information content (AvgIpc) is 2.99. The molecule has 5 heteroatoms. The van der Waals surface area contributed by atoms with Gasteiger partial charge in [0.05, 0.1) is 13.2 Å². The van der Waals surface area contributed by atoms with Crippen LogP contribution < -0.4 is 14.2 Å². The van der Waals surface area contributed by atoms with Crippen molar-refractivity contribution in [1.29, 1.82) is 0 Å². The van der Waals surface area contributed by atoms with Crippen molar-refractivity contribution < 1.29 is 19.0 Å². The Balaban J connectivity index is 2.00. The van der Waals surface area contributed by atoms with Crippen LogP contribution in [0.1, 0.15) is 43.6 Å². The number of nitrogens with zero attached hydrogens (tertiary/aromatic N) is 1. The van der Waals surface area contributed by atoms with E-state index in [1.807, 2.05) is 44.2 Å². The molecule has 0 bridgehead atoms. The van der Waals surface area contributed by atoms with Gasteiger partial charge >= 0.3 is 0 Å². The van der Waals surface area contributed by atoms with E-state index < -0.39 is 0 Å². The number of rotatable bonds is 10. The van der Waals surface area contributed by atoms with Gasteiger partial charge < -0.3 is 19.1 Å². The van der Waals surface area contributed by atoms with Crippen LogP contribution in [-0.4, -0.2) is 50.1 Å². The molecule has 0 radical (unpaired) electrons. The normalized spacial score (nSPS) is 12.1. The Hall–Kier alpha value is -2.53. The van der Waals surface area contributed by atoms with Gasteiger partial charge in [0.2, 0.25) is 0 Å². The van der Waals surface area contributed by atoms with Crippen LogP contribution in [0.2, 0.25) is 0 Å². The van der Waals surface area contributed by atoms with Crippen LogP contribution in [0.15, 0.2) is 30.3 Å². The summed E-state index contributed by atoms with van der Waals surface area (Å²) in [6.45, 7) is 12.6. The zero-order valence-corrected chi connectivity index (χ0v) is 17.2. The number of carbonyl (C=O) groups is 1. The molecule has 1 aliphatic rings. The quantitative estimate of drug-likeness (QED) is 0.519. The summed E-state index contributed by atoms with van der Waals surface area (Å²) in [7, 11) is 0. The van der Waals surface area contributed by atoms with Crippen molar-refractivity contribution in [2.24, 2.45) is 0 Å². The van der Waals surface area contributed by atoms with E-state index in [-0.39, 0.29) is 5.78 Å². The lowest BCUT2D eigenvalue weighted by atomic mass is 10.0. The number of benzene rings is 2. The maximum Gasteiger partial charge on any atom is 0.194 e. The number of fused-ring (bicyclic) bond motifs is 3. The molecule has 0 aromatic heterocycles. The average molecular weight is 383 g/mol. The fourth-order valence-electron chi connectivity index (χ4n) is 3.61. The van der Waals surface area contributed by atoms with Crippen molar-refractivity contribution >= 4 is 5.78 Å². The van der Waals surface area contributed by atoms with Crippen LogP contribution in [0.5, 0.6) is 17.2 Å². The number of ether oxygens (including phenoxy) is 3. The zero-order chi connectivity index (χ0) is 20.1. The highest BCUT2D eigenvalue weighted by Crippen LogP contribution is 2.48. The first-order valence-corrected chi connectivity index (χ1v) is 10.1. The molecule has 0 amide bonds. The Kier molecular flexibility index (Phi) is 6.57. The first kappa shape index (κ1) is 20.2. The molecule has 150 valence electrons. The van der Waals surface area contributed by atoms with E-state index in [2.05, 4.69) is 18.7 Å². The molecule has 2 aromatic rings. The summed E-state index contributed by atoms with van der Waals surface area (Å²) >= 11 is 0. The van der Waals surface area contributed by atoms with Crippen LogP contribution >= 0.6 is 0 Å². The third kappa shape index (κ3) is 3.85. The van der Waals surface area contributed by atoms with Crippen molar-refractivity contribution in [3.05, 3.63) is 41.5 Å². The summed E-state index contributed by atoms with van der Waals surface area (Å²) in [6, 6.07) is 9.32. The molecule has 0 N–H and O–H groups in total. The number of hydrogen-bond acceptors (Lipinski definition) is 5. The molecule has 0 unspecified atom stereocenters. The molecular weight excluding hydrogens is 354 g/mol. The molecule has 0 saturated heterocycles. The Labute approximate surface area is 167 Å². The number of hydrogen-bond donors (Lipinski definition) is 0. The minimum atomic E-state index is -0.0123. The molecule has 0 heterocycles. The van der Waals surface area contributed by atoms with Crippen molar-refractivity contribution in [2.75, 3.05) is 39.5 Å². The molecule has 0 saturated carbocycles. The smallest absolute Gasteiger partial charge is 0.194 e. The molecule has 0 fully saturated rings. The minimum Gasteiger partial charge on any atom is -0.494 e. The molecule has 5 nitrogen and oxygen atoms in total. The number of carbonyl (C=O) groups excluding carboxylic acids is 1. The van der Waals surface area contributed by atoms with E-state index in [1.54, 1.807) is 0 Å². The first-order valence-electron chi connectivity index (χ1n) is 10.1. The SMILES string of the molecule is CCOc1cc(OCC)c2c(c1)C(=O)c1cccc(OCCN(CC)CC)c1-2. The van der Waals surface area contributed by atoms with Gasteiger partial charge in [-0.25, -0.2) is 0 Å². The largest absolute Gasteiger partial charge is 0.494 e. The van der Waals surface area contributed by atoms with Gasteiger partial charge in [0, 0.05) is 34.9 Å². The summed E-state index contributed by atoms with van der Waals surface area (Å²) < 4.78 is 17.6. The first-order chi connectivity index (χ1) is 13.6. The second-order valence-electron chi connectivity index (χ2n) is 6.59. The second-order valence-corrected chi connectivity index (χ2v) is 6.59. The van der Waals surface area contributed by atoms with E-state index >= 15 is 0 Å². The number of likely N-dealkylation sites (N-methyl/N-ethyl adjacent to an activating group) is 1. The van der Waals surface area contributed by atoms with E-state index in [0.717, 1.165) is 36.5 Å². The van der Waals surface area contributed by atoms with Crippen molar-refractivity contribution in [3.8, 4) is 28.4 Å². The predicted octanol–water partition coefficient (Wildman–Crippen LogP) is 4.42. The Morgan fingerprint density at radius 2 is 1.54 bits per heavy atom. The second kappa shape index (κ2) is 9.11. The van der Waals surface area contributed by atoms with Gasteiger partial charge in [0.15, 0.2) is 5.78 Å². The Bertz CT molecular complexity index is 843. The molecule has 2 aromatic carbocycles. The third-order valence-corrected chi connectivity index (χ3v) is 5.01. The van der Waals surface area contributed by atoms with Crippen LogP contribution in [-0.2, 0) is 0 Å². The highest BCUT2D eigenvalue weighted by Gasteiger charge is 2.33. The third-order valence-electron chi connectivity index (χ3n) is 5.01. The van der Waals surface area contributed by atoms with E-state index in [0.29, 0.717) is 42.4 Å². The molecular formula is C23H29NO4. The van der Waals surface area contributed by atoms with Crippen molar-refractivity contribution in [1.82, 2.24) is 4.90 Å². The summed E-state index contributed by atoms with van der Waals surface area (Å²) in [5.41, 5.74) is 2.91. The van der Waals surface area contributed by atoms with Crippen LogP contribution in [0.4, 0.5) is 0 Å². The van der Waals surface area contributed by atoms with Crippen molar-refractivity contribution in [3.63, 3.8) is 0 Å². The van der Waals surface area contributed by atoms with Gasteiger partial charge in [-0.1, -0.05) is 26.0 Å². The maximum atomic E-state index is 13.1. The highest BCUT2D eigenvalue weighted by molar-refractivity contribution is 6.23. The zero-order valence-electron chi connectivity index (χ0n) is 17.2. The van der Waals surface area contributed by atoms with Crippen LogP contribution in [0.3, 0.4) is 0 Å². The molecule has 0 spiro atoms. The summed E-state index contributed by atoms with van der Waals surface area (Å²) in [5, 5.41) is 0. The monoisotopic (exact) mass is 383 g/mol. The molecule has 0 atom stereocenters. The van der Waals surface area contributed by atoms with E-state index in [1.165, 1.54) is 0 Å². The Morgan fingerprint density at radius 1 is 0.821 bits per heavy atom. The maximum absolute atomic E-state index is 13.1. The lowest BCUT2D eigenvalue weighted by molar-refractivity contribution is 0.104. The van der Waals surface area contributed by atoms with E-state index in [4.69, 9.17) is 14.2 Å². The minimum absolute atomic E-state index is 0.0123. The van der Waals surface area contributed by atoms with Crippen LogP contribution in [0.25, 0.3) is 11.1 Å². The fourth-order valence-corrected chi connectivity index (χ4v) is 3.61. The van der Waals surface area contributed by atoms with Gasteiger partial charge in [-0.2, -0.15) is 0 Å². The van der Waals surface area contributed by atoms with Gasteiger partial charge in [-0.15, -0.1) is 0 Å².